The zero-order valence-electron chi connectivity index (χ0n) is 13.4. The minimum absolute atomic E-state index is 0.0286. The van der Waals surface area contributed by atoms with Crippen LogP contribution in [0, 0.1) is 17.8 Å². The molecule has 20 heavy (non-hydrogen) atoms. The van der Waals surface area contributed by atoms with E-state index in [-0.39, 0.29) is 17.7 Å². The van der Waals surface area contributed by atoms with Crippen LogP contribution in [0.5, 0.6) is 0 Å². The number of carbonyl (C=O) groups is 2. The van der Waals surface area contributed by atoms with Crippen LogP contribution in [0.25, 0.3) is 0 Å². The molecule has 1 N–H and O–H groups in total. The Labute approximate surface area is 123 Å². The molecule has 0 aromatic heterocycles. The summed E-state index contributed by atoms with van der Waals surface area (Å²) >= 11 is 0. The van der Waals surface area contributed by atoms with E-state index in [0.717, 1.165) is 38.8 Å². The lowest BCUT2D eigenvalue weighted by atomic mass is 9.94. The maximum atomic E-state index is 12.4. The van der Waals surface area contributed by atoms with Gasteiger partial charge in [-0.25, -0.2) is 0 Å². The van der Waals surface area contributed by atoms with Gasteiger partial charge in [0, 0.05) is 31.5 Å². The molecule has 0 aromatic carbocycles. The maximum absolute atomic E-state index is 12.4. The Morgan fingerprint density at radius 1 is 1.25 bits per heavy atom. The average molecular weight is 282 g/mol. The quantitative estimate of drug-likeness (QED) is 0.813. The zero-order chi connectivity index (χ0) is 15.1. The van der Waals surface area contributed by atoms with Gasteiger partial charge in [0.15, 0.2) is 0 Å². The summed E-state index contributed by atoms with van der Waals surface area (Å²) in [6.45, 7) is 10.3. The molecule has 4 nitrogen and oxygen atoms in total. The summed E-state index contributed by atoms with van der Waals surface area (Å²) in [5, 5.41) is 2.99. The number of nitrogens with one attached hydrogen (secondary N) is 1. The van der Waals surface area contributed by atoms with Crippen LogP contribution in [-0.2, 0) is 9.59 Å². The molecule has 0 spiro atoms. The largest absolute Gasteiger partial charge is 0.356 e. The van der Waals surface area contributed by atoms with Gasteiger partial charge < -0.3 is 10.2 Å². The van der Waals surface area contributed by atoms with Crippen LogP contribution in [-0.4, -0.2) is 36.3 Å². The molecule has 1 saturated heterocycles. The molecule has 1 fully saturated rings. The lowest BCUT2D eigenvalue weighted by Gasteiger charge is -2.35. The molecule has 0 radical (unpaired) electrons. The summed E-state index contributed by atoms with van der Waals surface area (Å²) in [4.78, 5) is 26.0. The number of nitrogens with zero attached hydrogens (tertiary/aromatic N) is 1. The lowest BCUT2D eigenvalue weighted by Crippen LogP contribution is -2.46. The van der Waals surface area contributed by atoms with Gasteiger partial charge >= 0.3 is 0 Å². The highest BCUT2D eigenvalue weighted by Crippen LogP contribution is 2.20. The van der Waals surface area contributed by atoms with Crippen molar-refractivity contribution in [3.05, 3.63) is 0 Å². The third-order valence-electron chi connectivity index (χ3n) is 4.25. The van der Waals surface area contributed by atoms with E-state index in [1.165, 1.54) is 0 Å². The fraction of sp³-hybridized carbons (Fsp3) is 0.875. The summed E-state index contributed by atoms with van der Waals surface area (Å²) < 4.78 is 0. The topological polar surface area (TPSA) is 49.4 Å². The van der Waals surface area contributed by atoms with Crippen LogP contribution in [0.3, 0.4) is 0 Å². The van der Waals surface area contributed by atoms with Crippen molar-refractivity contribution >= 4 is 11.8 Å². The summed E-state index contributed by atoms with van der Waals surface area (Å²) in [5.74, 6) is 1.01. The van der Waals surface area contributed by atoms with Crippen molar-refractivity contribution in [2.45, 2.75) is 53.4 Å². The number of piperidine rings is 1. The fourth-order valence-electron chi connectivity index (χ4n) is 2.78. The number of amides is 2. The van der Waals surface area contributed by atoms with Gasteiger partial charge in [0.1, 0.15) is 0 Å². The third-order valence-corrected chi connectivity index (χ3v) is 4.25. The molecular formula is C16H30N2O2. The van der Waals surface area contributed by atoms with E-state index >= 15 is 0 Å². The number of likely N-dealkylation sites (tertiary alicyclic amines) is 1. The van der Waals surface area contributed by atoms with Crippen molar-refractivity contribution in [3.63, 3.8) is 0 Å². The molecule has 2 amide bonds. The second-order valence-corrected chi connectivity index (χ2v) is 6.21. The van der Waals surface area contributed by atoms with Crippen LogP contribution in [0.1, 0.15) is 53.4 Å². The van der Waals surface area contributed by atoms with E-state index in [4.69, 9.17) is 0 Å². The molecule has 116 valence electrons. The molecule has 1 rings (SSSR count). The van der Waals surface area contributed by atoms with Gasteiger partial charge in [-0.15, -0.1) is 0 Å². The first kappa shape index (κ1) is 17.0. The molecule has 0 bridgehead atoms. The number of hydrogen-bond donors (Lipinski definition) is 1. The molecule has 0 saturated carbocycles. The summed E-state index contributed by atoms with van der Waals surface area (Å²) in [6, 6.07) is 0. The third kappa shape index (κ3) is 4.80. The van der Waals surface area contributed by atoms with Crippen molar-refractivity contribution in [2.24, 2.45) is 17.8 Å². The summed E-state index contributed by atoms with van der Waals surface area (Å²) in [7, 11) is 0. The molecular weight excluding hydrogens is 252 g/mol. The molecule has 1 atom stereocenters. The molecule has 0 aromatic rings. The van der Waals surface area contributed by atoms with Crippen LogP contribution in [0.4, 0.5) is 0 Å². The molecule has 1 aliphatic heterocycles. The maximum Gasteiger partial charge on any atom is 0.225 e. The van der Waals surface area contributed by atoms with Gasteiger partial charge in [-0.2, -0.15) is 0 Å². The first-order valence-corrected chi connectivity index (χ1v) is 8.06. The van der Waals surface area contributed by atoms with Crippen molar-refractivity contribution in [2.75, 3.05) is 19.6 Å². The Kier molecular flexibility index (Phi) is 7.03. The fourth-order valence-corrected chi connectivity index (χ4v) is 2.78. The molecule has 0 aliphatic carbocycles. The highest BCUT2D eigenvalue weighted by atomic mass is 16.2. The lowest BCUT2D eigenvalue weighted by molar-refractivity contribution is -0.137. The smallest absolute Gasteiger partial charge is 0.225 e. The monoisotopic (exact) mass is 282 g/mol. The van der Waals surface area contributed by atoms with E-state index in [2.05, 4.69) is 19.2 Å². The standard InChI is InChI=1S/C16H30N2O2/c1-5-14(6-2)16(20)18-9-7-8-13(11-18)10-17-15(19)12(3)4/h12-14H,5-11H2,1-4H3,(H,17,19)/t13-/m0/s1. The van der Waals surface area contributed by atoms with Gasteiger partial charge in [-0.05, 0) is 31.6 Å². The predicted octanol–water partition coefficient (Wildman–Crippen LogP) is 2.43. The first-order chi connectivity index (χ1) is 9.49. The Bertz CT molecular complexity index is 324. The van der Waals surface area contributed by atoms with Gasteiger partial charge in [0.25, 0.3) is 0 Å². The van der Waals surface area contributed by atoms with Crippen molar-refractivity contribution < 1.29 is 9.59 Å². The van der Waals surface area contributed by atoms with Crippen LogP contribution < -0.4 is 5.32 Å². The van der Waals surface area contributed by atoms with Crippen LogP contribution in [0.2, 0.25) is 0 Å². The van der Waals surface area contributed by atoms with Crippen molar-refractivity contribution in [3.8, 4) is 0 Å². The van der Waals surface area contributed by atoms with Gasteiger partial charge in [-0.3, -0.25) is 9.59 Å². The molecule has 1 aliphatic rings. The Balaban J connectivity index is 2.46. The summed E-state index contributed by atoms with van der Waals surface area (Å²) in [6.07, 6.45) is 3.99. The molecule has 0 unspecified atom stereocenters. The highest BCUT2D eigenvalue weighted by molar-refractivity contribution is 5.79. The highest BCUT2D eigenvalue weighted by Gasteiger charge is 2.27. The van der Waals surface area contributed by atoms with Gasteiger partial charge in [0.05, 0.1) is 0 Å². The molecule has 1 heterocycles. The Hall–Kier alpha value is -1.06. The Morgan fingerprint density at radius 2 is 1.90 bits per heavy atom. The van der Waals surface area contributed by atoms with Crippen molar-refractivity contribution in [1.82, 2.24) is 10.2 Å². The van der Waals surface area contributed by atoms with E-state index in [9.17, 15) is 9.59 Å². The number of carbonyl (C=O) groups excluding carboxylic acids is 2. The van der Waals surface area contributed by atoms with Crippen LogP contribution >= 0.6 is 0 Å². The SMILES string of the molecule is CCC(CC)C(=O)N1CCC[C@@H](CNC(=O)C(C)C)C1. The minimum atomic E-state index is 0.0286. The van der Waals surface area contributed by atoms with Gasteiger partial charge in [-0.1, -0.05) is 27.7 Å². The minimum Gasteiger partial charge on any atom is -0.356 e. The van der Waals surface area contributed by atoms with Crippen molar-refractivity contribution in [1.29, 1.82) is 0 Å². The van der Waals surface area contributed by atoms with E-state index in [1.54, 1.807) is 0 Å². The number of hydrogen-bond acceptors (Lipinski definition) is 2. The first-order valence-electron chi connectivity index (χ1n) is 8.06. The number of rotatable bonds is 6. The van der Waals surface area contributed by atoms with E-state index in [0.29, 0.717) is 18.4 Å². The average Bonchev–Trinajstić information content (AvgIpc) is 2.46. The van der Waals surface area contributed by atoms with Gasteiger partial charge in [0.2, 0.25) is 11.8 Å². The van der Waals surface area contributed by atoms with Crippen LogP contribution in [0.15, 0.2) is 0 Å². The normalized spacial score (nSPS) is 19.5. The second kappa shape index (κ2) is 8.28. The molecule has 4 heteroatoms. The zero-order valence-corrected chi connectivity index (χ0v) is 13.4. The second-order valence-electron chi connectivity index (χ2n) is 6.21. The van der Waals surface area contributed by atoms with E-state index in [1.807, 2.05) is 18.7 Å². The predicted molar refractivity (Wildman–Crippen MR) is 81.2 cm³/mol. The van der Waals surface area contributed by atoms with E-state index < -0.39 is 0 Å². The summed E-state index contributed by atoms with van der Waals surface area (Å²) in [5.41, 5.74) is 0. The Morgan fingerprint density at radius 3 is 2.45 bits per heavy atom.